The lowest BCUT2D eigenvalue weighted by molar-refractivity contribution is -0.124. The predicted molar refractivity (Wildman–Crippen MR) is 132 cm³/mol. The van der Waals surface area contributed by atoms with Crippen molar-refractivity contribution in [2.75, 3.05) is 32.5 Å². The Morgan fingerprint density at radius 3 is 2.81 bits per heavy atom. The van der Waals surface area contributed by atoms with Crippen LogP contribution in [-0.4, -0.2) is 52.1 Å². The van der Waals surface area contributed by atoms with Gasteiger partial charge >= 0.3 is 0 Å². The minimum absolute atomic E-state index is 0. The second kappa shape index (κ2) is 9.50. The summed E-state index contributed by atoms with van der Waals surface area (Å²) in [5, 5.41) is 8.45. The van der Waals surface area contributed by atoms with Crippen LogP contribution in [0.15, 0.2) is 30.6 Å². The summed E-state index contributed by atoms with van der Waals surface area (Å²) < 4.78 is 8.54. The fourth-order valence-electron chi connectivity index (χ4n) is 4.04. The Balaban J connectivity index is 0.00000144. The summed E-state index contributed by atoms with van der Waals surface area (Å²) >= 11 is 1.67. The maximum Gasteiger partial charge on any atom is 0.234 e. The number of hydrogen-bond acceptors (Lipinski definition) is 7. The lowest BCUT2D eigenvalue weighted by atomic mass is 10.1. The van der Waals surface area contributed by atoms with E-state index in [1.54, 1.807) is 18.4 Å². The quantitative estimate of drug-likeness (QED) is 0.451. The number of nitrogen functional groups attached to an aromatic ring is 1. The number of benzene rings is 1. The number of aryl methyl sites for hydroxylation is 1. The molecule has 4 heterocycles. The van der Waals surface area contributed by atoms with Gasteiger partial charge in [-0.15, -0.1) is 36.2 Å². The summed E-state index contributed by atoms with van der Waals surface area (Å²) in [6.07, 6.45) is 1.47. The number of halogens is 2. The van der Waals surface area contributed by atoms with Crippen molar-refractivity contribution in [3.8, 4) is 16.2 Å². The fraction of sp³-hybridized carbons (Fsp3) is 0.286. The second-order valence-corrected chi connectivity index (χ2v) is 8.56. The number of thiophene rings is 1. The lowest BCUT2D eigenvalue weighted by Crippen LogP contribution is -2.47. The van der Waals surface area contributed by atoms with Crippen molar-refractivity contribution in [3.05, 3.63) is 41.9 Å². The lowest BCUT2D eigenvalue weighted by Gasteiger charge is -2.25. The van der Waals surface area contributed by atoms with Crippen molar-refractivity contribution in [3.63, 3.8) is 0 Å². The van der Waals surface area contributed by atoms with E-state index in [-0.39, 0.29) is 30.7 Å². The molecule has 1 saturated heterocycles. The first-order valence-corrected chi connectivity index (χ1v) is 10.5. The zero-order valence-electron chi connectivity index (χ0n) is 17.6. The van der Waals surface area contributed by atoms with Gasteiger partial charge in [0, 0.05) is 30.1 Å². The number of methoxy groups -OCH3 is 1. The van der Waals surface area contributed by atoms with E-state index in [9.17, 15) is 4.79 Å². The molecule has 4 aromatic rings. The third kappa shape index (κ3) is 4.21. The number of carbonyl (C=O) groups excluding carboxylic acids is 1. The zero-order valence-corrected chi connectivity index (χ0v) is 20.1. The van der Waals surface area contributed by atoms with E-state index in [1.165, 1.54) is 6.33 Å². The van der Waals surface area contributed by atoms with E-state index in [0.717, 1.165) is 49.6 Å². The molecule has 0 saturated carbocycles. The monoisotopic (exact) mass is 494 g/mol. The van der Waals surface area contributed by atoms with Gasteiger partial charge in [-0.2, -0.15) is 5.10 Å². The minimum atomic E-state index is 0. The van der Waals surface area contributed by atoms with Crippen molar-refractivity contribution in [1.29, 1.82) is 0 Å². The Morgan fingerprint density at radius 1 is 1.25 bits per heavy atom. The van der Waals surface area contributed by atoms with Crippen LogP contribution in [0.1, 0.15) is 11.3 Å². The number of anilines is 1. The Bertz CT molecular complexity index is 1290. The Kier molecular flexibility index (Phi) is 7.14. The molecule has 0 spiro atoms. The molecule has 3 N–H and O–H groups in total. The number of rotatable bonds is 4. The van der Waals surface area contributed by atoms with E-state index in [0.29, 0.717) is 25.5 Å². The van der Waals surface area contributed by atoms with Crippen molar-refractivity contribution < 1.29 is 9.53 Å². The molecule has 170 valence electrons. The van der Waals surface area contributed by atoms with Gasteiger partial charge < -0.3 is 15.8 Å². The van der Waals surface area contributed by atoms with Gasteiger partial charge in [0.05, 0.1) is 24.0 Å². The van der Waals surface area contributed by atoms with Gasteiger partial charge in [0.2, 0.25) is 5.91 Å². The van der Waals surface area contributed by atoms with E-state index < -0.39 is 0 Å². The van der Waals surface area contributed by atoms with Crippen molar-refractivity contribution in [2.45, 2.75) is 13.5 Å². The largest absolute Gasteiger partial charge is 0.495 e. The van der Waals surface area contributed by atoms with Gasteiger partial charge in [-0.05, 0) is 36.1 Å². The highest BCUT2D eigenvalue weighted by molar-refractivity contribution is 7.22. The van der Waals surface area contributed by atoms with Crippen LogP contribution in [0, 0.1) is 6.92 Å². The number of carbonyl (C=O) groups is 1. The number of nitrogens with two attached hydrogens (primary N) is 1. The van der Waals surface area contributed by atoms with Crippen molar-refractivity contribution >= 4 is 63.5 Å². The number of fused-ring (bicyclic) bond motifs is 2. The molecule has 0 unspecified atom stereocenters. The second-order valence-electron chi connectivity index (χ2n) is 7.51. The third-order valence-corrected chi connectivity index (χ3v) is 6.57. The fourth-order valence-corrected chi connectivity index (χ4v) is 5.19. The van der Waals surface area contributed by atoms with Crippen LogP contribution in [0.2, 0.25) is 0 Å². The molecular weight excluding hydrogens is 471 g/mol. The number of nitrogens with zero attached hydrogens (tertiary/aromatic N) is 4. The van der Waals surface area contributed by atoms with Crippen LogP contribution in [0.5, 0.6) is 5.75 Å². The Morgan fingerprint density at radius 2 is 2.06 bits per heavy atom. The number of piperazine rings is 1. The summed E-state index contributed by atoms with van der Waals surface area (Å²) in [7, 11) is 1.69. The molecule has 32 heavy (non-hydrogen) atoms. The summed E-state index contributed by atoms with van der Waals surface area (Å²) in [4.78, 5) is 19.2. The number of hydrogen-bond donors (Lipinski definition) is 2. The molecule has 0 aliphatic carbocycles. The SMILES string of the molecule is COc1cc(C)cc2cc(-c3cc(CN4CCNC(=O)C4)n4ncnc(N)c34)sc12.Cl.Cl. The molecule has 5 rings (SSSR count). The molecule has 3 aromatic heterocycles. The molecule has 1 fully saturated rings. The summed E-state index contributed by atoms with van der Waals surface area (Å²) in [5.41, 5.74) is 10.2. The highest BCUT2D eigenvalue weighted by Gasteiger charge is 2.22. The van der Waals surface area contributed by atoms with Gasteiger partial charge in [-0.25, -0.2) is 9.50 Å². The van der Waals surface area contributed by atoms with Gasteiger partial charge in [0.1, 0.15) is 17.6 Å². The molecule has 1 aliphatic rings. The van der Waals surface area contributed by atoms with E-state index in [1.807, 2.05) is 10.6 Å². The maximum atomic E-state index is 11.8. The van der Waals surface area contributed by atoms with Gasteiger partial charge in [0.25, 0.3) is 0 Å². The van der Waals surface area contributed by atoms with Crippen LogP contribution in [0.4, 0.5) is 5.82 Å². The summed E-state index contributed by atoms with van der Waals surface area (Å²) in [6.45, 7) is 4.50. The Labute approximate surface area is 201 Å². The normalized spacial score (nSPS) is 14.1. The number of ether oxygens (including phenoxy) is 1. The maximum absolute atomic E-state index is 11.8. The van der Waals surface area contributed by atoms with Crippen LogP contribution in [0.3, 0.4) is 0 Å². The van der Waals surface area contributed by atoms with Crippen molar-refractivity contribution in [1.82, 2.24) is 24.8 Å². The molecule has 0 radical (unpaired) electrons. The molecule has 0 atom stereocenters. The average Bonchev–Trinajstić information content (AvgIpc) is 3.30. The van der Waals surface area contributed by atoms with Gasteiger partial charge in [-0.3, -0.25) is 9.69 Å². The van der Waals surface area contributed by atoms with Gasteiger partial charge in [0.15, 0.2) is 5.82 Å². The molecule has 0 bridgehead atoms. The number of aromatic nitrogens is 3. The highest BCUT2D eigenvalue weighted by Crippen LogP contribution is 2.42. The molecule has 11 heteroatoms. The standard InChI is InChI=1S/C21H22N6O2S.2ClH/c1-12-5-13-7-17(30-20(13)16(6-12)29-2)15-8-14(9-26-4-3-23-18(28)10-26)27-19(15)21(22)24-11-25-27;;/h5-8,11H,3-4,9-10H2,1-2H3,(H,23,28)(H2,22,24,25);2*1H. The minimum Gasteiger partial charge on any atom is -0.495 e. The van der Waals surface area contributed by atoms with Crippen LogP contribution >= 0.6 is 36.2 Å². The average molecular weight is 495 g/mol. The number of amides is 1. The predicted octanol–water partition coefficient (Wildman–Crippen LogP) is 3.29. The van der Waals surface area contributed by atoms with E-state index in [2.05, 4.69) is 45.4 Å². The van der Waals surface area contributed by atoms with E-state index in [4.69, 9.17) is 10.5 Å². The molecule has 1 aliphatic heterocycles. The molecule has 1 aromatic carbocycles. The molecule has 8 nitrogen and oxygen atoms in total. The molecule has 1 amide bonds. The summed E-state index contributed by atoms with van der Waals surface area (Å²) in [5.74, 6) is 1.35. The smallest absolute Gasteiger partial charge is 0.234 e. The topological polar surface area (TPSA) is 97.8 Å². The Hall–Kier alpha value is -2.59. The summed E-state index contributed by atoms with van der Waals surface area (Å²) in [6, 6.07) is 8.47. The number of nitrogens with one attached hydrogen (secondary N) is 1. The first-order chi connectivity index (χ1) is 14.5. The van der Waals surface area contributed by atoms with E-state index >= 15 is 0 Å². The van der Waals surface area contributed by atoms with Crippen LogP contribution in [0.25, 0.3) is 26.0 Å². The third-order valence-electron chi connectivity index (χ3n) is 5.37. The first kappa shape index (κ1) is 24.1. The van der Waals surface area contributed by atoms with Crippen LogP contribution < -0.4 is 15.8 Å². The highest BCUT2D eigenvalue weighted by atomic mass is 35.5. The first-order valence-electron chi connectivity index (χ1n) is 9.72. The zero-order chi connectivity index (χ0) is 20.8. The van der Waals surface area contributed by atoms with Gasteiger partial charge in [-0.1, -0.05) is 6.07 Å². The van der Waals surface area contributed by atoms with Crippen LogP contribution in [-0.2, 0) is 11.3 Å². The van der Waals surface area contributed by atoms with Crippen molar-refractivity contribution in [2.24, 2.45) is 0 Å². The molecular formula is C21H24Cl2N6O2S.